The van der Waals surface area contributed by atoms with Crippen LogP contribution in [0, 0.1) is 11.3 Å². The summed E-state index contributed by atoms with van der Waals surface area (Å²) in [6, 6.07) is 17.1. The number of halogens is 2. The van der Waals surface area contributed by atoms with Gasteiger partial charge in [0.15, 0.2) is 6.29 Å². The van der Waals surface area contributed by atoms with Gasteiger partial charge in [-0.1, -0.05) is 53.5 Å². The van der Waals surface area contributed by atoms with E-state index in [1.54, 1.807) is 54.5 Å². The molecule has 1 atom stereocenters. The molecule has 0 amide bonds. The number of nitrogens with zero attached hydrogens (tertiary/aromatic N) is 5. The molecule has 0 saturated heterocycles. The number of rotatable bonds is 12. The number of carbonyl (C=O) groups excluding carboxylic acids is 1. The van der Waals surface area contributed by atoms with Crippen LogP contribution >= 0.6 is 23.2 Å². The average molecular weight is 645 g/mol. The Labute approximate surface area is 268 Å². The Bertz CT molecular complexity index is 1940. The van der Waals surface area contributed by atoms with Crippen LogP contribution in [0.3, 0.4) is 0 Å². The van der Waals surface area contributed by atoms with Crippen LogP contribution in [0.2, 0.25) is 10.0 Å². The quantitative estimate of drug-likeness (QED) is 0.166. The van der Waals surface area contributed by atoms with Gasteiger partial charge in [0.25, 0.3) is 0 Å². The van der Waals surface area contributed by atoms with Gasteiger partial charge in [0.05, 0.1) is 35.5 Å². The molecule has 3 aromatic carbocycles. The molecule has 0 radical (unpaired) electrons. The van der Waals surface area contributed by atoms with E-state index in [2.05, 4.69) is 16.2 Å². The number of carboxylic acids is 1. The highest BCUT2D eigenvalue weighted by Crippen LogP contribution is 2.36. The van der Waals surface area contributed by atoms with Crippen molar-refractivity contribution >= 4 is 46.4 Å². The third-order valence-electron chi connectivity index (χ3n) is 7.41. The van der Waals surface area contributed by atoms with E-state index in [1.165, 1.54) is 11.1 Å². The van der Waals surface area contributed by atoms with E-state index >= 15 is 0 Å². The number of carbonyl (C=O) groups is 2. The van der Waals surface area contributed by atoms with E-state index in [0.717, 1.165) is 22.8 Å². The molecule has 0 aliphatic rings. The molecule has 2 heterocycles. The summed E-state index contributed by atoms with van der Waals surface area (Å²) in [5.74, 6) is -0.714. The zero-order chi connectivity index (χ0) is 32.1. The number of likely N-dealkylation sites (N-methyl/N-ethyl adjacent to an activating group) is 1. The Morgan fingerprint density at radius 3 is 2.62 bits per heavy atom. The number of hydrogen-bond acceptors (Lipinski definition) is 8. The van der Waals surface area contributed by atoms with Crippen LogP contribution in [0.4, 0.5) is 0 Å². The molecular weight excluding hydrogens is 617 g/mol. The summed E-state index contributed by atoms with van der Waals surface area (Å²) in [6.45, 7) is -0.0743. The largest absolute Gasteiger partial charge is 0.489 e. The van der Waals surface area contributed by atoms with Crippen LogP contribution < -0.4 is 4.74 Å². The Morgan fingerprint density at radius 2 is 1.89 bits per heavy atom. The molecule has 0 aliphatic carbocycles. The Morgan fingerprint density at radius 1 is 1.11 bits per heavy atom. The standard InChI is InChI=1S/C33H27Cl2N5O5/c1-39(30(18-42)33(43)44)15-24-9-28(34)23(10-31(24)45-19-21-8-20(11-36)12-37-13-21)16-40-29-7-3-5-25(27(29)14-38-40)26-6-2-4-22(17-41)32(26)35/h2-10,12-14,17,30,42H,15-16,18-19H2,1H3,(H,43,44). The molecule has 5 rings (SSSR count). The van der Waals surface area contributed by atoms with Gasteiger partial charge in [0, 0.05) is 51.6 Å². The van der Waals surface area contributed by atoms with Gasteiger partial charge in [-0.2, -0.15) is 10.4 Å². The molecule has 0 aliphatic heterocycles. The predicted octanol–water partition coefficient (Wildman–Crippen LogP) is 5.59. The molecule has 2 aromatic heterocycles. The van der Waals surface area contributed by atoms with E-state index in [-0.39, 0.29) is 19.7 Å². The van der Waals surface area contributed by atoms with Gasteiger partial charge in [-0.05, 0) is 42.4 Å². The van der Waals surface area contributed by atoms with Crippen molar-refractivity contribution in [1.29, 1.82) is 5.26 Å². The number of carboxylic acid groups (broad SMARTS) is 1. The fourth-order valence-electron chi connectivity index (χ4n) is 5.06. The van der Waals surface area contributed by atoms with Crippen molar-refractivity contribution in [1.82, 2.24) is 19.7 Å². The van der Waals surface area contributed by atoms with E-state index in [9.17, 15) is 25.1 Å². The molecule has 5 aromatic rings. The fourth-order valence-corrected chi connectivity index (χ4v) is 5.58. The number of benzene rings is 3. The van der Waals surface area contributed by atoms with Crippen molar-refractivity contribution in [2.24, 2.45) is 0 Å². The number of aliphatic hydroxyl groups excluding tert-OH is 1. The van der Waals surface area contributed by atoms with Gasteiger partial charge >= 0.3 is 5.97 Å². The van der Waals surface area contributed by atoms with Crippen molar-refractivity contribution < 1.29 is 24.5 Å². The summed E-state index contributed by atoms with van der Waals surface area (Å²) in [6.07, 6.45) is 5.51. The maximum Gasteiger partial charge on any atom is 0.323 e. The molecule has 0 fully saturated rings. The molecule has 2 N–H and O–H groups in total. The SMILES string of the molecule is CN(Cc1cc(Cl)c(Cn2ncc3c(-c4cccc(C=O)c4Cl)cccc32)cc1OCc1cncc(C#N)c1)C(CO)C(=O)O. The van der Waals surface area contributed by atoms with Crippen LogP contribution in [0.5, 0.6) is 5.75 Å². The van der Waals surface area contributed by atoms with Gasteiger partial charge in [-0.3, -0.25) is 24.2 Å². The zero-order valence-corrected chi connectivity index (χ0v) is 25.5. The first-order chi connectivity index (χ1) is 21.7. The zero-order valence-electron chi connectivity index (χ0n) is 24.0. The highest BCUT2D eigenvalue weighted by atomic mass is 35.5. The van der Waals surface area contributed by atoms with Crippen molar-refractivity contribution in [3.05, 3.63) is 111 Å². The second kappa shape index (κ2) is 13.9. The molecule has 12 heteroatoms. The number of hydrogen-bond donors (Lipinski definition) is 2. The minimum Gasteiger partial charge on any atom is -0.489 e. The summed E-state index contributed by atoms with van der Waals surface area (Å²) >= 11 is 13.3. The topological polar surface area (TPSA) is 142 Å². The number of nitriles is 1. The molecule has 228 valence electrons. The first kappa shape index (κ1) is 31.6. The molecule has 10 nitrogen and oxygen atoms in total. The smallest absolute Gasteiger partial charge is 0.323 e. The second-order valence-corrected chi connectivity index (χ2v) is 11.1. The Kier molecular flexibility index (Phi) is 9.76. The minimum absolute atomic E-state index is 0.0946. The Hall–Kier alpha value is -4.79. The van der Waals surface area contributed by atoms with Gasteiger partial charge in [-0.25, -0.2) is 0 Å². The van der Waals surface area contributed by atoms with Crippen LogP contribution in [-0.4, -0.2) is 61.8 Å². The van der Waals surface area contributed by atoms with Crippen molar-refractivity contribution in [2.75, 3.05) is 13.7 Å². The van der Waals surface area contributed by atoms with Crippen molar-refractivity contribution in [3.63, 3.8) is 0 Å². The number of aldehydes is 1. The van der Waals surface area contributed by atoms with E-state index < -0.39 is 18.6 Å². The normalized spacial score (nSPS) is 11.8. The Balaban J connectivity index is 1.51. The lowest BCUT2D eigenvalue weighted by Gasteiger charge is -2.24. The van der Waals surface area contributed by atoms with Crippen LogP contribution in [0.1, 0.15) is 32.6 Å². The van der Waals surface area contributed by atoms with Gasteiger partial charge in [-0.15, -0.1) is 0 Å². The van der Waals surface area contributed by atoms with Crippen LogP contribution in [-0.2, 0) is 24.5 Å². The van der Waals surface area contributed by atoms with Gasteiger partial charge in [0.2, 0.25) is 0 Å². The van der Waals surface area contributed by atoms with E-state index in [0.29, 0.717) is 49.2 Å². The third kappa shape index (κ3) is 6.82. The van der Waals surface area contributed by atoms with Crippen LogP contribution in [0.15, 0.2) is 73.2 Å². The molecule has 45 heavy (non-hydrogen) atoms. The summed E-state index contributed by atoms with van der Waals surface area (Å²) < 4.78 is 7.99. The highest BCUT2D eigenvalue weighted by Gasteiger charge is 2.24. The summed E-state index contributed by atoms with van der Waals surface area (Å²) in [4.78, 5) is 28.7. The number of pyridine rings is 1. The van der Waals surface area contributed by atoms with E-state index in [4.69, 9.17) is 27.9 Å². The molecule has 1 unspecified atom stereocenters. The number of aliphatic hydroxyl groups is 1. The lowest BCUT2D eigenvalue weighted by molar-refractivity contribution is -0.144. The monoisotopic (exact) mass is 643 g/mol. The van der Waals surface area contributed by atoms with Crippen LogP contribution in [0.25, 0.3) is 22.0 Å². The molecule has 0 spiro atoms. The maximum atomic E-state index is 11.7. The fraction of sp³-hybridized carbons (Fsp3) is 0.182. The summed E-state index contributed by atoms with van der Waals surface area (Å²) in [5.41, 5.74) is 5.11. The molecular formula is C33H27Cl2N5O5. The number of aromatic nitrogens is 3. The van der Waals surface area contributed by atoms with Crippen molar-refractivity contribution in [3.8, 4) is 22.9 Å². The van der Waals surface area contributed by atoms with Crippen molar-refractivity contribution in [2.45, 2.75) is 25.7 Å². The first-order valence-corrected chi connectivity index (χ1v) is 14.5. The number of ether oxygens (including phenoxy) is 1. The molecule has 0 bridgehead atoms. The summed E-state index contributed by atoms with van der Waals surface area (Å²) in [5, 5.41) is 34.6. The maximum absolute atomic E-state index is 11.7. The first-order valence-electron chi connectivity index (χ1n) is 13.7. The lowest BCUT2D eigenvalue weighted by Crippen LogP contribution is -2.40. The highest BCUT2D eigenvalue weighted by molar-refractivity contribution is 6.36. The third-order valence-corrected chi connectivity index (χ3v) is 8.18. The van der Waals surface area contributed by atoms with Gasteiger partial charge < -0.3 is 14.9 Å². The predicted molar refractivity (Wildman–Crippen MR) is 169 cm³/mol. The summed E-state index contributed by atoms with van der Waals surface area (Å²) in [7, 11) is 1.59. The number of aliphatic carboxylic acids is 1. The number of fused-ring (bicyclic) bond motifs is 1. The van der Waals surface area contributed by atoms with Gasteiger partial charge in [0.1, 0.15) is 24.5 Å². The molecule has 0 saturated carbocycles. The lowest BCUT2D eigenvalue weighted by atomic mass is 10.00. The van der Waals surface area contributed by atoms with E-state index in [1.807, 2.05) is 24.3 Å². The average Bonchev–Trinajstić information content (AvgIpc) is 3.45. The minimum atomic E-state index is -1.16. The second-order valence-electron chi connectivity index (χ2n) is 10.4.